The Kier molecular flexibility index (Phi) is 5.99. The van der Waals surface area contributed by atoms with Gasteiger partial charge in [-0.25, -0.2) is 9.59 Å². The van der Waals surface area contributed by atoms with E-state index in [-0.39, 0.29) is 17.9 Å². The number of carbonyl (C=O) groups is 2. The summed E-state index contributed by atoms with van der Waals surface area (Å²) in [6, 6.07) is 0. The molecule has 0 aliphatic heterocycles. The minimum absolute atomic E-state index is 0.150. The Morgan fingerprint density at radius 1 is 1.33 bits per heavy atom. The molecule has 0 aliphatic carbocycles. The first kappa shape index (κ1) is 16.1. The van der Waals surface area contributed by atoms with Crippen molar-refractivity contribution in [3.8, 4) is 0 Å². The van der Waals surface area contributed by atoms with Crippen LogP contribution in [0.5, 0.6) is 0 Å². The van der Waals surface area contributed by atoms with Gasteiger partial charge in [0.25, 0.3) is 0 Å². The number of nitrogens with zero attached hydrogens (tertiary/aromatic N) is 2. The average molecular weight is 254 g/mol. The Labute approximate surface area is 106 Å². The van der Waals surface area contributed by atoms with E-state index in [4.69, 9.17) is 10.3 Å². The molecule has 0 saturated heterocycles. The largest absolute Gasteiger partial charge is 0.457 e. The van der Waals surface area contributed by atoms with Gasteiger partial charge >= 0.3 is 17.7 Å². The van der Waals surface area contributed by atoms with Gasteiger partial charge in [-0.1, -0.05) is 0 Å². The number of esters is 2. The Balaban J connectivity index is 4.91. The molecule has 0 atom stereocenters. The molecular formula is C12H18N2O4. The Morgan fingerprint density at radius 2 is 1.89 bits per heavy atom. The van der Waals surface area contributed by atoms with Crippen LogP contribution in [0.25, 0.3) is 5.53 Å². The third-order valence-electron chi connectivity index (χ3n) is 1.68. The zero-order chi connectivity index (χ0) is 14.3. The summed E-state index contributed by atoms with van der Waals surface area (Å²) in [5, 5.41) is 0. The molecule has 6 nitrogen and oxygen atoms in total. The first-order valence-electron chi connectivity index (χ1n) is 5.52. The number of hydrogen-bond acceptors (Lipinski definition) is 4. The summed E-state index contributed by atoms with van der Waals surface area (Å²) >= 11 is 0. The standard InChI is InChI=1S/C12H18N2O4/c1-6-17-11(16)10(14-13)8(2)7-9(15)18-12(3,4)5/h7H,6H2,1-5H3/b8-7-. The quantitative estimate of drug-likeness (QED) is 0.250. The maximum Gasteiger partial charge on any atom is 0.421 e. The maximum absolute atomic E-state index is 11.5. The van der Waals surface area contributed by atoms with Crippen LogP contribution < -0.4 is 0 Å². The van der Waals surface area contributed by atoms with Crippen molar-refractivity contribution in [3.05, 3.63) is 17.2 Å². The van der Waals surface area contributed by atoms with E-state index in [0.717, 1.165) is 6.08 Å². The van der Waals surface area contributed by atoms with Gasteiger partial charge in [-0.05, 0) is 34.6 Å². The zero-order valence-electron chi connectivity index (χ0n) is 11.3. The highest BCUT2D eigenvalue weighted by molar-refractivity contribution is 6.41. The molecular weight excluding hydrogens is 236 g/mol. The average Bonchev–Trinajstić information content (AvgIpc) is 2.15. The normalized spacial score (nSPS) is 11.5. The van der Waals surface area contributed by atoms with Crippen LogP contribution in [-0.4, -0.2) is 34.6 Å². The van der Waals surface area contributed by atoms with Crippen LogP contribution in [-0.2, 0) is 19.1 Å². The van der Waals surface area contributed by atoms with Gasteiger partial charge < -0.3 is 15.0 Å². The fourth-order valence-corrected chi connectivity index (χ4v) is 1.06. The van der Waals surface area contributed by atoms with Crippen molar-refractivity contribution in [2.24, 2.45) is 0 Å². The fourth-order valence-electron chi connectivity index (χ4n) is 1.06. The molecule has 0 aliphatic rings. The molecule has 18 heavy (non-hydrogen) atoms. The minimum Gasteiger partial charge on any atom is -0.457 e. The summed E-state index contributed by atoms with van der Waals surface area (Å²) in [5.74, 6) is -1.41. The highest BCUT2D eigenvalue weighted by Gasteiger charge is 2.25. The van der Waals surface area contributed by atoms with Crippen LogP contribution in [0.15, 0.2) is 11.6 Å². The van der Waals surface area contributed by atoms with Gasteiger partial charge in [0.05, 0.1) is 12.2 Å². The van der Waals surface area contributed by atoms with Crippen molar-refractivity contribution in [1.82, 2.24) is 0 Å². The molecule has 0 fully saturated rings. The van der Waals surface area contributed by atoms with Crippen LogP contribution in [0.2, 0.25) is 0 Å². The second-order valence-electron chi connectivity index (χ2n) is 4.53. The van der Waals surface area contributed by atoms with Crippen molar-refractivity contribution < 1.29 is 23.9 Å². The second-order valence-corrected chi connectivity index (χ2v) is 4.53. The topological polar surface area (TPSA) is 89.0 Å². The van der Waals surface area contributed by atoms with Gasteiger partial charge in [0, 0.05) is 6.08 Å². The monoisotopic (exact) mass is 254 g/mol. The molecule has 0 saturated carbocycles. The Hall–Kier alpha value is -1.94. The van der Waals surface area contributed by atoms with Crippen molar-refractivity contribution >= 4 is 17.7 Å². The molecule has 100 valence electrons. The minimum atomic E-state index is -0.794. The molecule has 0 rings (SSSR count). The summed E-state index contributed by atoms with van der Waals surface area (Å²) in [6.07, 6.45) is 1.08. The molecule has 0 aromatic rings. The third kappa shape index (κ3) is 5.96. The second kappa shape index (κ2) is 6.71. The van der Waals surface area contributed by atoms with Crippen LogP contribution in [0.3, 0.4) is 0 Å². The number of rotatable bonds is 4. The molecule has 0 bridgehead atoms. The maximum atomic E-state index is 11.5. The highest BCUT2D eigenvalue weighted by atomic mass is 16.6. The Morgan fingerprint density at radius 3 is 2.28 bits per heavy atom. The van der Waals surface area contributed by atoms with E-state index in [1.165, 1.54) is 6.92 Å². The lowest BCUT2D eigenvalue weighted by molar-refractivity contribution is -0.148. The highest BCUT2D eigenvalue weighted by Crippen LogP contribution is 2.08. The lowest BCUT2D eigenvalue weighted by atomic mass is 10.1. The van der Waals surface area contributed by atoms with Crippen molar-refractivity contribution in [2.75, 3.05) is 6.61 Å². The van der Waals surface area contributed by atoms with E-state index in [1.54, 1.807) is 27.7 Å². The first-order valence-corrected chi connectivity index (χ1v) is 5.52. The van der Waals surface area contributed by atoms with E-state index in [1.807, 2.05) is 0 Å². The van der Waals surface area contributed by atoms with E-state index in [9.17, 15) is 9.59 Å². The van der Waals surface area contributed by atoms with Crippen molar-refractivity contribution in [1.29, 1.82) is 0 Å². The summed E-state index contributed by atoms with van der Waals surface area (Å²) in [4.78, 5) is 25.7. The molecule has 6 heteroatoms. The SMILES string of the molecule is CCOC(=O)C(=[N+]=[N-])/C(C)=C\C(=O)OC(C)(C)C. The van der Waals surface area contributed by atoms with E-state index in [2.05, 4.69) is 9.53 Å². The summed E-state index contributed by atoms with van der Waals surface area (Å²) in [7, 11) is 0. The summed E-state index contributed by atoms with van der Waals surface area (Å²) in [5.41, 5.74) is 7.96. The van der Waals surface area contributed by atoms with Crippen LogP contribution in [0.1, 0.15) is 34.6 Å². The molecule has 0 aromatic heterocycles. The summed E-state index contributed by atoms with van der Waals surface area (Å²) in [6.45, 7) is 8.40. The molecule has 0 unspecified atom stereocenters. The van der Waals surface area contributed by atoms with Gasteiger partial charge in [-0.2, -0.15) is 4.79 Å². The summed E-state index contributed by atoms with van der Waals surface area (Å²) < 4.78 is 9.71. The zero-order valence-corrected chi connectivity index (χ0v) is 11.3. The molecule has 0 radical (unpaired) electrons. The van der Waals surface area contributed by atoms with Gasteiger partial charge in [0.2, 0.25) is 0 Å². The van der Waals surface area contributed by atoms with Crippen LogP contribution in [0.4, 0.5) is 0 Å². The number of carbonyl (C=O) groups excluding carboxylic acids is 2. The predicted octanol–water partition coefficient (Wildman–Crippen LogP) is 1.51. The lowest BCUT2D eigenvalue weighted by Crippen LogP contribution is -2.24. The smallest absolute Gasteiger partial charge is 0.421 e. The lowest BCUT2D eigenvalue weighted by Gasteiger charge is -2.18. The van der Waals surface area contributed by atoms with Gasteiger partial charge in [0.15, 0.2) is 0 Å². The molecule has 0 N–H and O–H groups in total. The third-order valence-corrected chi connectivity index (χ3v) is 1.68. The molecule has 0 spiro atoms. The number of ether oxygens (including phenoxy) is 2. The fraction of sp³-hybridized carbons (Fsp3) is 0.583. The van der Waals surface area contributed by atoms with Crippen molar-refractivity contribution in [2.45, 2.75) is 40.2 Å². The van der Waals surface area contributed by atoms with E-state index < -0.39 is 17.5 Å². The predicted molar refractivity (Wildman–Crippen MR) is 64.9 cm³/mol. The van der Waals surface area contributed by atoms with E-state index >= 15 is 0 Å². The van der Waals surface area contributed by atoms with Crippen LogP contribution in [0, 0.1) is 0 Å². The van der Waals surface area contributed by atoms with Gasteiger partial charge in [-0.15, -0.1) is 0 Å². The number of hydrogen-bond donors (Lipinski definition) is 0. The van der Waals surface area contributed by atoms with E-state index in [0.29, 0.717) is 0 Å². The Bertz CT molecular complexity index is 412. The molecule has 0 amide bonds. The van der Waals surface area contributed by atoms with Gasteiger partial charge in [-0.3, -0.25) is 0 Å². The van der Waals surface area contributed by atoms with Crippen molar-refractivity contribution in [3.63, 3.8) is 0 Å². The molecule has 0 aromatic carbocycles. The van der Waals surface area contributed by atoms with Gasteiger partial charge in [0.1, 0.15) is 5.60 Å². The first-order chi connectivity index (χ1) is 8.21. The molecule has 0 heterocycles. The van der Waals surface area contributed by atoms with Crippen LogP contribution >= 0.6 is 0 Å².